The van der Waals surface area contributed by atoms with E-state index in [1.807, 2.05) is 0 Å². The predicted octanol–water partition coefficient (Wildman–Crippen LogP) is 3.74. The number of rotatable bonds is 6. The first kappa shape index (κ1) is 12.6. The van der Waals surface area contributed by atoms with Gasteiger partial charge in [-0.2, -0.15) is 0 Å². The van der Waals surface area contributed by atoms with Crippen molar-refractivity contribution in [2.75, 3.05) is 7.05 Å². The zero-order valence-corrected chi connectivity index (χ0v) is 11.4. The molecule has 0 heterocycles. The van der Waals surface area contributed by atoms with E-state index in [4.69, 9.17) is 0 Å². The summed E-state index contributed by atoms with van der Waals surface area (Å²) in [4.78, 5) is 0. The van der Waals surface area contributed by atoms with Crippen LogP contribution in [0.15, 0.2) is 24.3 Å². The van der Waals surface area contributed by atoms with Crippen LogP contribution in [0.3, 0.4) is 0 Å². The third-order valence-electron chi connectivity index (χ3n) is 4.19. The number of likely N-dealkylation sites (N-methyl/N-ethyl adjacent to an activating group) is 1. The summed E-state index contributed by atoms with van der Waals surface area (Å²) < 4.78 is 0. The summed E-state index contributed by atoms with van der Waals surface area (Å²) in [6.45, 7) is 4.67. The number of hydrogen-bond donors (Lipinski definition) is 1. The molecule has 1 aliphatic carbocycles. The van der Waals surface area contributed by atoms with Crippen molar-refractivity contribution in [2.45, 2.75) is 51.5 Å². The van der Waals surface area contributed by atoms with Crippen molar-refractivity contribution in [1.82, 2.24) is 5.32 Å². The summed E-state index contributed by atoms with van der Waals surface area (Å²) in [6.07, 6.45) is 5.23. The Balaban J connectivity index is 1.97. The maximum atomic E-state index is 3.53. The number of nitrogens with one attached hydrogen (secondary N) is 1. The Morgan fingerprint density at radius 1 is 1.35 bits per heavy atom. The van der Waals surface area contributed by atoms with E-state index in [0.29, 0.717) is 6.04 Å². The zero-order valence-electron chi connectivity index (χ0n) is 11.4. The molecule has 0 fully saturated rings. The molecule has 3 atom stereocenters. The van der Waals surface area contributed by atoms with Crippen LogP contribution >= 0.6 is 0 Å². The largest absolute Gasteiger partial charge is 0.316 e. The van der Waals surface area contributed by atoms with Crippen molar-refractivity contribution in [1.29, 1.82) is 0 Å². The molecule has 0 aromatic heterocycles. The highest BCUT2D eigenvalue weighted by Crippen LogP contribution is 2.39. The molecule has 1 aromatic carbocycles. The maximum Gasteiger partial charge on any atom is 0.0139 e. The zero-order chi connectivity index (χ0) is 12.3. The van der Waals surface area contributed by atoms with Gasteiger partial charge in [0.15, 0.2) is 0 Å². The maximum absolute atomic E-state index is 3.53. The van der Waals surface area contributed by atoms with Gasteiger partial charge >= 0.3 is 0 Å². The molecule has 0 saturated carbocycles. The van der Waals surface area contributed by atoms with E-state index in [-0.39, 0.29) is 0 Å². The van der Waals surface area contributed by atoms with Crippen molar-refractivity contribution in [3.05, 3.63) is 35.4 Å². The lowest BCUT2D eigenvalue weighted by molar-refractivity contribution is 0.337. The van der Waals surface area contributed by atoms with Crippen LogP contribution in [0.2, 0.25) is 0 Å². The molecule has 0 bridgehead atoms. The fourth-order valence-corrected chi connectivity index (χ4v) is 3.18. The second kappa shape index (κ2) is 5.68. The SMILES string of the molecule is CCCC(C)CC(NC)C1Cc2ccccc21. The van der Waals surface area contributed by atoms with Crippen molar-refractivity contribution >= 4 is 0 Å². The Bertz CT molecular complexity index is 358. The van der Waals surface area contributed by atoms with E-state index in [9.17, 15) is 0 Å². The second-order valence-corrected chi connectivity index (χ2v) is 5.53. The van der Waals surface area contributed by atoms with Gasteiger partial charge in [-0.05, 0) is 36.9 Å². The Morgan fingerprint density at radius 3 is 2.76 bits per heavy atom. The van der Waals surface area contributed by atoms with Crippen LogP contribution in [0.25, 0.3) is 0 Å². The summed E-state index contributed by atoms with van der Waals surface area (Å²) >= 11 is 0. The Labute approximate surface area is 106 Å². The van der Waals surface area contributed by atoms with Crippen LogP contribution in [-0.4, -0.2) is 13.1 Å². The van der Waals surface area contributed by atoms with Gasteiger partial charge in [0, 0.05) is 12.0 Å². The average molecular weight is 231 g/mol. The Kier molecular flexibility index (Phi) is 4.22. The molecule has 1 heteroatoms. The van der Waals surface area contributed by atoms with Gasteiger partial charge in [0.25, 0.3) is 0 Å². The fraction of sp³-hybridized carbons (Fsp3) is 0.625. The summed E-state index contributed by atoms with van der Waals surface area (Å²) in [7, 11) is 2.12. The van der Waals surface area contributed by atoms with Crippen LogP contribution in [0.4, 0.5) is 0 Å². The van der Waals surface area contributed by atoms with Crippen molar-refractivity contribution in [2.24, 2.45) is 5.92 Å². The van der Waals surface area contributed by atoms with Gasteiger partial charge in [-0.15, -0.1) is 0 Å². The summed E-state index contributed by atoms with van der Waals surface area (Å²) in [6, 6.07) is 9.56. The van der Waals surface area contributed by atoms with Crippen molar-refractivity contribution in [3.63, 3.8) is 0 Å². The molecule has 3 unspecified atom stereocenters. The third-order valence-corrected chi connectivity index (χ3v) is 4.19. The first-order chi connectivity index (χ1) is 8.26. The first-order valence-corrected chi connectivity index (χ1v) is 7.01. The predicted molar refractivity (Wildman–Crippen MR) is 74.4 cm³/mol. The molecule has 1 aliphatic rings. The van der Waals surface area contributed by atoms with Crippen LogP contribution in [0.1, 0.15) is 50.2 Å². The quantitative estimate of drug-likeness (QED) is 0.786. The van der Waals surface area contributed by atoms with Gasteiger partial charge in [-0.3, -0.25) is 0 Å². The van der Waals surface area contributed by atoms with Gasteiger partial charge in [0.05, 0.1) is 0 Å². The van der Waals surface area contributed by atoms with E-state index < -0.39 is 0 Å². The molecule has 1 N–H and O–H groups in total. The monoisotopic (exact) mass is 231 g/mol. The normalized spacial score (nSPS) is 21.5. The molecule has 17 heavy (non-hydrogen) atoms. The molecular weight excluding hydrogens is 206 g/mol. The van der Waals surface area contributed by atoms with Crippen LogP contribution in [0, 0.1) is 5.92 Å². The number of fused-ring (bicyclic) bond motifs is 1. The molecule has 0 radical (unpaired) electrons. The van der Waals surface area contributed by atoms with Crippen molar-refractivity contribution in [3.8, 4) is 0 Å². The first-order valence-electron chi connectivity index (χ1n) is 7.01. The minimum atomic E-state index is 0.659. The summed E-state index contributed by atoms with van der Waals surface area (Å²) in [5.41, 5.74) is 3.14. The second-order valence-electron chi connectivity index (χ2n) is 5.53. The average Bonchev–Trinajstić information content (AvgIpc) is 2.29. The minimum Gasteiger partial charge on any atom is -0.316 e. The smallest absolute Gasteiger partial charge is 0.0139 e. The lowest BCUT2D eigenvalue weighted by atomic mass is 9.71. The van der Waals surface area contributed by atoms with Gasteiger partial charge < -0.3 is 5.32 Å². The number of benzene rings is 1. The van der Waals surface area contributed by atoms with Crippen LogP contribution in [0.5, 0.6) is 0 Å². The molecule has 2 rings (SSSR count). The van der Waals surface area contributed by atoms with Crippen LogP contribution < -0.4 is 5.32 Å². The lowest BCUT2D eigenvalue weighted by Crippen LogP contribution is -2.39. The highest BCUT2D eigenvalue weighted by Gasteiger charge is 2.32. The molecule has 0 amide bonds. The van der Waals surface area contributed by atoms with E-state index in [1.54, 1.807) is 11.1 Å². The van der Waals surface area contributed by atoms with Gasteiger partial charge in [0.2, 0.25) is 0 Å². The molecule has 1 aromatic rings. The topological polar surface area (TPSA) is 12.0 Å². The summed E-state index contributed by atoms with van der Waals surface area (Å²) in [5.74, 6) is 1.58. The van der Waals surface area contributed by atoms with Crippen LogP contribution in [-0.2, 0) is 6.42 Å². The molecule has 0 spiro atoms. The van der Waals surface area contributed by atoms with Gasteiger partial charge in [0.1, 0.15) is 0 Å². The van der Waals surface area contributed by atoms with E-state index in [2.05, 4.69) is 50.5 Å². The van der Waals surface area contributed by atoms with E-state index in [0.717, 1.165) is 11.8 Å². The van der Waals surface area contributed by atoms with Crippen molar-refractivity contribution < 1.29 is 0 Å². The van der Waals surface area contributed by atoms with Gasteiger partial charge in [-0.25, -0.2) is 0 Å². The standard InChI is InChI=1S/C16H25N/c1-4-7-12(2)10-16(17-3)15-11-13-8-5-6-9-14(13)15/h5-6,8-9,12,15-17H,4,7,10-11H2,1-3H3. The minimum absolute atomic E-state index is 0.659. The molecule has 94 valence electrons. The molecule has 0 saturated heterocycles. The highest BCUT2D eigenvalue weighted by atomic mass is 14.9. The Morgan fingerprint density at radius 2 is 2.12 bits per heavy atom. The molecular formula is C16H25N. The number of hydrogen-bond acceptors (Lipinski definition) is 1. The van der Waals surface area contributed by atoms with E-state index in [1.165, 1.54) is 25.7 Å². The third kappa shape index (κ3) is 2.71. The molecule has 1 nitrogen and oxygen atoms in total. The Hall–Kier alpha value is -0.820. The summed E-state index contributed by atoms with van der Waals surface area (Å²) in [5, 5.41) is 3.53. The van der Waals surface area contributed by atoms with E-state index >= 15 is 0 Å². The molecule has 0 aliphatic heterocycles. The lowest BCUT2D eigenvalue weighted by Gasteiger charge is -2.37. The fourth-order valence-electron chi connectivity index (χ4n) is 3.18. The van der Waals surface area contributed by atoms with Gasteiger partial charge in [-0.1, -0.05) is 51.0 Å². The highest BCUT2D eigenvalue weighted by molar-refractivity contribution is 5.41.